The number of esters is 2. The van der Waals surface area contributed by atoms with Crippen molar-refractivity contribution in [2.45, 2.75) is 78.9 Å². The van der Waals surface area contributed by atoms with Crippen molar-refractivity contribution in [1.29, 1.82) is 0 Å². The molecule has 0 fully saturated rings. The molecule has 0 aliphatic heterocycles. The molecule has 4 nitrogen and oxygen atoms in total. The third kappa shape index (κ3) is 9.12. The van der Waals surface area contributed by atoms with E-state index in [1.807, 2.05) is 27.7 Å². The van der Waals surface area contributed by atoms with Crippen molar-refractivity contribution in [3.8, 4) is 11.8 Å². The third-order valence-electron chi connectivity index (χ3n) is 3.14. The molecule has 0 heterocycles. The fourth-order valence-corrected chi connectivity index (χ4v) is 1.89. The molecule has 0 aromatic carbocycles. The van der Waals surface area contributed by atoms with E-state index in [1.54, 1.807) is 6.92 Å². The van der Waals surface area contributed by atoms with Gasteiger partial charge in [-0.05, 0) is 32.1 Å². The second-order valence-corrected chi connectivity index (χ2v) is 5.32. The van der Waals surface area contributed by atoms with Crippen molar-refractivity contribution in [2.75, 3.05) is 0 Å². The molecule has 2 unspecified atom stereocenters. The number of hydrogen-bond donors (Lipinski definition) is 0. The van der Waals surface area contributed by atoms with E-state index in [-0.39, 0.29) is 37.0 Å². The summed E-state index contributed by atoms with van der Waals surface area (Å²) in [6.07, 6.45) is 1.99. The van der Waals surface area contributed by atoms with Crippen molar-refractivity contribution in [3.63, 3.8) is 0 Å². The van der Waals surface area contributed by atoms with Crippen LogP contribution in [0.15, 0.2) is 0 Å². The Hall–Kier alpha value is -1.50. The Bertz CT molecular complexity index is 376. The molecule has 0 rings (SSSR count). The molecule has 4 heteroatoms. The Morgan fingerprint density at radius 3 is 2.00 bits per heavy atom. The predicted molar refractivity (Wildman–Crippen MR) is 82.5 cm³/mol. The number of carbonyl (C=O) groups excluding carboxylic acids is 2. The lowest BCUT2D eigenvalue weighted by atomic mass is 10.1. The van der Waals surface area contributed by atoms with Gasteiger partial charge in [0.1, 0.15) is 6.10 Å². The summed E-state index contributed by atoms with van der Waals surface area (Å²) < 4.78 is 10.6. The van der Waals surface area contributed by atoms with Crippen LogP contribution >= 0.6 is 0 Å². The molecule has 0 N–H and O–H groups in total. The van der Waals surface area contributed by atoms with Crippen molar-refractivity contribution in [2.24, 2.45) is 5.92 Å². The first kappa shape index (κ1) is 19.5. The van der Waals surface area contributed by atoms with Gasteiger partial charge in [0.15, 0.2) is 6.10 Å². The lowest BCUT2D eigenvalue weighted by molar-refractivity contribution is -0.152. The predicted octanol–water partition coefficient (Wildman–Crippen LogP) is 3.48. The van der Waals surface area contributed by atoms with Gasteiger partial charge in [0.25, 0.3) is 0 Å². The maximum Gasteiger partial charge on any atom is 0.307 e. The smallest absolute Gasteiger partial charge is 0.307 e. The van der Waals surface area contributed by atoms with Gasteiger partial charge in [-0.25, -0.2) is 0 Å². The van der Waals surface area contributed by atoms with E-state index in [1.165, 1.54) is 0 Å². The van der Waals surface area contributed by atoms with E-state index >= 15 is 0 Å². The highest BCUT2D eigenvalue weighted by Crippen LogP contribution is 2.12. The fraction of sp³-hybridized carbons (Fsp3) is 0.765. The van der Waals surface area contributed by atoms with Crippen LogP contribution in [0.4, 0.5) is 0 Å². The maximum atomic E-state index is 11.7. The average Bonchev–Trinajstić information content (AvgIpc) is 2.43. The van der Waals surface area contributed by atoms with Gasteiger partial charge in [-0.3, -0.25) is 9.59 Å². The molecule has 0 aromatic rings. The topological polar surface area (TPSA) is 52.6 Å². The van der Waals surface area contributed by atoms with Crippen LogP contribution in [0.3, 0.4) is 0 Å². The molecule has 21 heavy (non-hydrogen) atoms. The zero-order valence-corrected chi connectivity index (χ0v) is 13.9. The number of hydrogen-bond acceptors (Lipinski definition) is 4. The summed E-state index contributed by atoms with van der Waals surface area (Å²) >= 11 is 0. The molecule has 0 saturated carbocycles. The summed E-state index contributed by atoms with van der Waals surface area (Å²) in [5, 5.41) is 0. The van der Waals surface area contributed by atoms with Gasteiger partial charge in [0.2, 0.25) is 0 Å². The Kier molecular flexibility index (Phi) is 10.4. The van der Waals surface area contributed by atoms with E-state index < -0.39 is 0 Å². The van der Waals surface area contributed by atoms with Crippen LogP contribution in [0.1, 0.15) is 66.7 Å². The minimum Gasteiger partial charge on any atom is -0.462 e. The third-order valence-corrected chi connectivity index (χ3v) is 3.14. The lowest BCUT2D eigenvalue weighted by Crippen LogP contribution is -2.23. The van der Waals surface area contributed by atoms with E-state index in [2.05, 4.69) is 11.8 Å². The lowest BCUT2D eigenvalue weighted by Gasteiger charge is -2.19. The quantitative estimate of drug-likeness (QED) is 0.483. The van der Waals surface area contributed by atoms with Crippen LogP contribution in [-0.2, 0) is 19.1 Å². The van der Waals surface area contributed by atoms with Crippen LogP contribution in [0, 0.1) is 17.8 Å². The van der Waals surface area contributed by atoms with Crippen LogP contribution in [0.25, 0.3) is 0 Å². The van der Waals surface area contributed by atoms with Gasteiger partial charge in [0, 0.05) is 12.8 Å². The zero-order valence-electron chi connectivity index (χ0n) is 13.9. The van der Waals surface area contributed by atoms with Gasteiger partial charge >= 0.3 is 11.9 Å². The molecule has 0 amide bonds. The monoisotopic (exact) mass is 296 g/mol. The second-order valence-electron chi connectivity index (χ2n) is 5.32. The zero-order chi connectivity index (χ0) is 16.3. The molecule has 0 spiro atoms. The molecular weight excluding hydrogens is 268 g/mol. The normalized spacial score (nSPS) is 13.0. The minimum atomic E-state index is -0.347. The van der Waals surface area contributed by atoms with Crippen molar-refractivity contribution < 1.29 is 19.1 Å². The highest BCUT2D eigenvalue weighted by atomic mass is 16.5. The van der Waals surface area contributed by atoms with Crippen LogP contribution in [0.2, 0.25) is 0 Å². The van der Waals surface area contributed by atoms with Gasteiger partial charge in [-0.2, -0.15) is 0 Å². The molecule has 120 valence electrons. The molecule has 0 radical (unpaired) electrons. The maximum absolute atomic E-state index is 11.7. The highest BCUT2D eigenvalue weighted by Gasteiger charge is 2.17. The Morgan fingerprint density at radius 1 is 1.00 bits per heavy atom. The standard InChI is InChI=1S/C17H28O4/c1-6-10-14(7-2)20-16(18)11-9-12-17(19)21-15(8-3)13(4)5/h13-15H,7-9,11-12H2,1-5H3. The first-order valence-corrected chi connectivity index (χ1v) is 7.75. The van der Waals surface area contributed by atoms with Gasteiger partial charge in [-0.1, -0.05) is 33.6 Å². The molecule has 0 aromatic heterocycles. The summed E-state index contributed by atoms with van der Waals surface area (Å²) in [5.41, 5.74) is 0. The molecule has 2 atom stereocenters. The van der Waals surface area contributed by atoms with Gasteiger partial charge < -0.3 is 9.47 Å². The molecule has 0 aliphatic rings. The number of rotatable bonds is 9. The van der Waals surface area contributed by atoms with Crippen LogP contribution in [0.5, 0.6) is 0 Å². The Balaban J connectivity index is 3.99. The van der Waals surface area contributed by atoms with E-state index in [0.717, 1.165) is 6.42 Å². The largest absolute Gasteiger partial charge is 0.462 e. The minimum absolute atomic E-state index is 0.0475. The average molecular weight is 296 g/mol. The number of ether oxygens (including phenoxy) is 2. The SMILES string of the molecule is CC#CC(CC)OC(=O)CCCC(=O)OC(CC)C(C)C. The molecule has 0 aliphatic carbocycles. The van der Waals surface area contributed by atoms with Gasteiger partial charge in [-0.15, -0.1) is 5.92 Å². The fourth-order valence-electron chi connectivity index (χ4n) is 1.89. The second kappa shape index (κ2) is 11.2. The van der Waals surface area contributed by atoms with E-state index in [9.17, 15) is 9.59 Å². The van der Waals surface area contributed by atoms with Crippen LogP contribution < -0.4 is 0 Å². The summed E-state index contributed by atoms with van der Waals surface area (Å²) in [7, 11) is 0. The Morgan fingerprint density at radius 2 is 1.57 bits per heavy atom. The molecular formula is C17H28O4. The molecule has 0 saturated heterocycles. The van der Waals surface area contributed by atoms with Gasteiger partial charge in [0.05, 0.1) is 0 Å². The first-order chi connectivity index (χ1) is 9.94. The summed E-state index contributed by atoms with van der Waals surface area (Å²) in [6.45, 7) is 9.67. The van der Waals surface area contributed by atoms with Crippen molar-refractivity contribution >= 4 is 11.9 Å². The summed E-state index contributed by atoms with van der Waals surface area (Å²) in [5.74, 6) is 5.31. The Labute approximate surface area is 128 Å². The highest BCUT2D eigenvalue weighted by molar-refractivity contribution is 5.72. The summed E-state index contributed by atoms with van der Waals surface area (Å²) in [4.78, 5) is 23.3. The molecule has 0 bridgehead atoms. The van der Waals surface area contributed by atoms with E-state index in [0.29, 0.717) is 18.8 Å². The first-order valence-electron chi connectivity index (χ1n) is 7.75. The van der Waals surface area contributed by atoms with Crippen molar-refractivity contribution in [1.82, 2.24) is 0 Å². The van der Waals surface area contributed by atoms with E-state index in [4.69, 9.17) is 9.47 Å². The summed E-state index contributed by atoms with van der Waals surface area (Å²) in [6, 6.07) is 0. The van der Waals surface area contributed by atoms with Crippen LogP contribution in [-0.4, -0.2) is 24.1 Å². The number of carbonyl (C=O) groups is 2. The van der Waals surface area contributed by atoms with Crippen molar-refractivity contribution in [3.05, 3.63) is 0 Å².